The number of rotatable bonds is 4. The molecular weight excluding hydrogens is 489 g/mol. The second-order valence-electron chi connectivity index (χ2n) is 9.30. The standard InChI is InChI=1S/C23H26F5N5OS/c24-35(25,26,27,28)18-3-1-17(2-4-18)23(34)33-13-8-15(9-14-33)19-7-12-30-22-20(19)31-21(32-22)16-5-10-29-11-6-16/h1-4,7,12,15-16,29H,5-6,8-11,13-14H2,(H,30,31,32). The molecule has 0 spiro atoms. The second-order valence-corrected chi connectivity index (χ2v) is 11.7. The number of piperidine rings is 2. The van der Waals surface area contributed by atoms with Gasteiger partial charge in [-0.3, -0.25) is 4.79 Å². The summed E-state index contributed by atoms with van der Waals surface area (Å²) in [5.41, 5.74) is 2.64. The molecule has 35 heavy (non-hydrogen) atoms. The summed E-state index contributed by atoms with van der Waals surface area (Å²) in [5, 5.41) is 3.35. The molecule has 0 saturated carbocycles. The van der Waals surface area contributed by atoms with Crippen LogP contribution in [0.2, 0.25) is 0 Å². The zero-order chi connectivity index (χ0) is 24.9. The van der Waals surface area contributed by atoms with E-state index in [4.69, 9.17) is 4.98 Å². The van der Waals surface area contributed by atoms with Crippen molar-refractivity contribution in [2.45, 2.75) is 42.4 Å². The largest absolute Gasteiger partial charge is 0.340 e. The number of amides is 1. The molecule has 2 aliphatic rings. The van der Waals surface area contributed by atoms with Crippen molar-refractivity contribution in [3.8, 4) is 0 Å². The predicted molar refractivity (Wildman–Crippen MR) is 124 cm³/mol. The van der Waals surface area contributed by atoms with Crippen LogP contribution >= 0.6 is 10.2 Å². The Morgan fingerprint density at radius 2 is 1.57 bits per heavy atom. The molecule has 12 heteroatoms. The van der Waals surface area contributed by atoms with Gasteiger partial charge in [0.25, 0.3) is 5.91 Å². The molecule has 6 nitrogen and oxygen atoms in total. The number of pyridine rings is 1. The van der Waals surface area contributed by atoms with Gasteiger partial charge < -0.3 is 15.2 Å². The summed E-state index contributed by atoms with van der Waals surface area (Å²) in [5.74, 6) is 1.01. The number of aromatic amines is 1. The molecule has 4 heterocycles. The molecule has 1 amide bonds. The monoisotopic (exact) mass is 515 g/mol. The highest BCUT2D eigenvalue weighted by Gasteiger charge is 2.65. The molecule has 1 aromatic carbocycles. The Morgan fingerprint density at radius 1 is 0.914 bits per heavy atom. The van der Waals surface area contributed by atoms with Crippen LogP contribution in [-0.2, 0) is 0 Å². The second kappa shape index (κ2) is 7.89. The van der Waals surface area contributed by atoms with Crippen molar-refractivity contribution in [2.24, 2.45) is 0 Å². The minimum absolute atomic E-state index is 0.0412. The van der Waals surface area contributed by atoms with E-state index in [1.54, 1.807) is 11.1 Å². The lowest BCUT2D eigenvalue weighted by Gasteiger charge is -2.40. The van der Waals surface area contributed by atoms with E-state index in [1.807, 2.05) is 6.07 Å². The number of benzene rings is 1. The third-order valence-electron chi connectivity index (χ3n) is 6.94. The number of nitrogens with one attached hydrogen (secondary N) is 2. The fourth-order valence-corrected chi connectivity index (χ4v) is 5.66. The highest BCUT2D eigenvalue weighted by Crippen LogP contribution is 3.02. The van der Waals surface area contributed by atoms with Crippen LogP contribution in [0, 0.1) is 0 Å². The Balaban J connectivity index is 1.28. The third-order valence-corrected chi connectivity index (χ3v) is 8.10. The molecule has 190 valence electrons. The van der Waals surface area contributed by atoms with Crippen LogP contribution in [0.1, 0.15) is 59.3 Å². The van der Waals surface area contributed by atoms with E-state index in [0.717, 1.165) is 55.0 Å². The molecule has 2 fully saturated rings. The van der Waals surface area contributed by atoms with E-state index in [1.165, 1.54) is 0 Å². The van der Waals surface area contributed by atoms with Crippen molar-refractivity contribution in [3.63, 3.8) is 0 Å². The number of fused-ring (bicyclic) bond motifs is 1. The van der Waals surface area contributed by atoms with Gasteiger partial charge in [0.2, 0.25) is 0 Å². The highest BCUT2D eigenvalue weighted by atomic mass is 32.5. The quantitative estimate of drug-likeness (QED) is 0.412. The average Bonchev–Trinajstić information content (AvgIpc) is 3.28. The fourth-order valence-electron chi connectivity index (χ4n) is 5.01. The summed E-state index contributed by atoms with van der Waals surface area (Å²) in [7, 11) is -9.76. The van der Waals surface area contributed by atoms with E-state index >= 15 is 0 Å². The number of H-pyrrole nitrogens is 1. The summed E-state index contributed by atoms with van der Waals surface area (Å²) in [6.07, 6.45) is 5.09. The van der Waals surface area contributed by atoms with Crippen LogP contribution in [0.15, 0.2) is 41.4 Å². The maximum atomic E-state index is 12.9. The molecule has 0 radical (unpaired) electrons. The van der Waals surface area contributed by atoms with Crippen molar-refractivity contribution in [1.29, 1.82) is 0 Å². The number of carbonyl (C=O) groups excluding carboxylic acids is 1. The molecule has 0 unspecified atom stereocenters. The van der Waals surface area contributed by atoms with Crippen LogP contribution in [0.4, 0.5) is 19.4 Å². The Morgan fingerprint density at radius 3 is 2.20 bits per heavy atom. The molecule has 0 aliphatic carbocycles. The van der Waals surface area contributed by atoms with Crippen LogP contribution < -0.4 is 5.32 Å². The number of nitrogens with zero attached hydrogens (tertiary/aromatic N) is 3. The molecule has 2 aromatic heterocycles. The minimum atomic E-state index is -9.76. The first-order valence-corrected chi connectivity index (χ1v) is 13.5. The maximum Gasteiger partial charge on any atom is 0.310 e. The van der Waals surface area contributed by atoms with Gasteiger partial charge in [-0.1, -0.05) is 19.4 Å². The number of halogens is 5. The number of hydrogen-bond donors (Lipinski definition) is 2. The molecule has 5 rings (SSSR count). The SMILES string of the molecule is O=C(c1ccc(S(F)(F)(F)(F)F)cc1)N1CCC(c2ccnc3nc(C4CCNCC4)[nH]c23)CC1. The number of carbonyl (C=O) groups is 1. The molecule has 0 atom stereocenters. The van der Waals surface area contributed by atoms with E-state index in [-0.39, 0.29) is 23.6 Å². The first kappa shape index (κ1) is 24.0. The Labute approximate surface area is 199 Å². The van der Waals surface area contributed by atoms with Gasteiger partial charge in [-0.2, -0.15) is 0 Å². The van der Waals surface area contributed by atoms with Crippen LogP contribution in [-0.4, -0.2) is 51.9 Å². The van der Waals surface area contributed by atoms with Crippen LogP contribution in [0.3, 0.4) is 0 Å². The lowest BCUT2D eigenvalue weighted by Crippen LogP contribution is -2.38. The van der Waals surface area contributed by atoms with Gasteiger partial charge in [0.1, 0.15) is 10.7 Å². The summed E-state index contributed by atoms with van der Waals surface area (Å²) in [4.78, 5) is 25.0. The maximum absolute atomic E-state index is 12.9. The van der Waals surface area contributed by atoms with Gasteiger partial charge in [0.15, 0.2) is 5.65 Å². The molecule has 0 bridgehead atoms. The predicted octanol–water partition coefficient (Wildman–Crippen LogP) is 6.10. The minimum Gasteiger partial charge on any atom is -0.340 e. The zero-order valence-electron chi connectivity index (χ0n) is 18.8. The van der Waals surface area contributed by atoms with Gasteiger partial charge in [-0.05, 0) is 80.6 Å². The van der Waals surface area contributed by atoms with Gasteiger partial charge in [0.05, 0.1) is 5.52 Å². The number of hydrogen-bond acceptors (Lipinski definition) is 4. The highest BCUT2D eigenvalue weighted by molar-refractivity contribution is 8.45. The molecular formula is C23H26F5N5OS. The molecule has 2 N–H and O–H groups in total. The van der Waals surface area contributed by atoms with E-state index in [0.29, 0.717) is 37.5 Å². The summed E-state index contributed by atoms with van der Waals surface area (Å²) in [6.45, 7) is 2.73. The van der Waals surface area contributed by atoms with E-state index < -0.39 is 21.0 Å². The summed E-state index contributed by atoms with van der Waals surface area (Å²) < 4.78 is 64.7. The van der Waals surface area contributed by atoms with E-state index in [9.17, 15) is 24.2 Å². The van der Waals surface area contributed by atoms with Gasteiger partial charge in [0, 0.05) is 30.8 Å². The number of likely N-dealkylation sites (tertiary alicyclic amines) is 1. The van der Waals surface area contributed by atoms with Gasteiger partial charge in [-0.15, -0.1) is 0 Å². The lowest BCUT2D eigenvalue weighted by atomic mass is 9.89. The van der Waals surface area contributed by atoms with Crippen molar-refractivity contribution in [3.05, 3.63) is 53.5 Å². The first-order valence-electron chi connectivity index (χ1n) is 11.6. The smallest absolute Gasteiger partial charge is 0.310 e. The van der Waals surface area contributed by atoms with Crippen molar-refractivity contribution in [2.75, 3.05) is 26.2 Å². The summed E-state index contributed by atoms with van der Waals surface area (Å²) >= 11 is 0. The summed E-state index contributed by atoms with van der Waals surface area (Å²) in [6, 6.07) is 4.18. The molecule has 3 aromatic rings. The fraction of sp³-hybridized carbons (Fsp3) is 0.435. The van der Waals surface area contributed by atoms with Crippen molar-refractivity contribution in [1.82, 2.24) is 25.2 Å². The van der Waals surface area contributed by atoms with Crippen LogP contribution in [0.25, 0.3) is 11.2 Å². The first-order chi connectivity index (χ1) is 16.4. The Bertz CT molecular complexity index is 1250. The van der Waals surface area contributed by atoms with Gasteiger partial charge >= 0.3 is 10.2 Å². The normalized spacial score (nSPS) is 20.5. The van der Waals surface area contributed by atoms with Gasteiger partial charge in [-0.25, -0.2) is 9.97 Å². The molecule has 2 saturated heterocycles. The number of aromatic nitrogens is 3. The Kier molecular flexibility index (Phi) is 5.41. The van der Waals surface area contributed by atoms with Crippen molar-refractivity contribution < 1.29 is 24.2 Å². The van der Waals surface area contributed by atoms with Crippen molar-refractivity contribution >= 4 is 27.3 Å². The van der Waals surface area contributed by atoms with Crippen LogP contribution in [0.5, 0.6) is 0 Å². The third kappa shape index (κ3) is 4.99. The average molecular weight is 516 g/mol. The zero-order valence-corrected chi connectivity index (χ0v) is 19.6. The number of imidazole rings is 1. The molecule has 2 aliphatic heterocycles. The topological polar surface area (TPSA) is 73.9 Å². The lowest BCUT2D eigenvalue weighted by molar-refractivity contribution is 0.0713. The Hall–Kier alpha value is -2.73. The van der Waals surface area contributed by atoms with E-state index in [2.05, 4.69) is 15.3 Å².